The minimum absolute atomic E-state index is 0.642. The lowest BCUT2D eigenvalue weighted by molar-refractivity contribution is 0.947. The molecule has 2 rings (SSSR count). The van der Waals surface area contributed by atoms with Crippen LogP contribution in [0, 0.1) is 6.92 Å². The summed E-state index contributed by atoms with van der Waals surface area (Å²) in [6.07, 6.45) is 2.79. The van der Waals surface area contributed by atoms with Crippen molar-refractivity contribution in [3.8, 4) is 0 Å². The summed E-state index contributed by atoms with van der Waals surface area (Å²) in [5, 5.41) is 9.53. The first-order chi connectivity index (χ1) is 9.19. The Morgan fingerprint density at radius 2 is 2.16 bits per heavy atom. The lowest BCUT2D eigenvalue weighted by atomic mass is 10.5. The average molecular weight is 342 g/mol. The molecule has 0 aliphatic rings. The molecule has 0 saturated carbocycles. The Labute approximate surface area is 125 Å². The Bertz CT molecular complexity index is 543. The molecule has 2 N–H and O–H groups in total. The van der Waals surface area contributed by atoms with Gasteiger partial charge in [-0.3, -0.25) is 0 Å². The van der Waals surface area contributed by atoms with Gasteiger partial charge >= 0.3 is 0 Å². The van der Waals surface area contributed by atoms with Crippen LogP contribution in [0.4, 0.5) is 11.8 Å². The fraction of sp³-hybridized carbons (Fsp3) is 0.417. The van der Waals surface area contributed by atoms with E-state index < -0.39 is 0 Å². The number of hydrogen-bond donors (Lipinski definition) is 2. The molecular formula is C12H16BrN5S. The zero-order valence-corrected chi connectivity index (χ0v) is 13.3. The third kappa shape index (κ3) is 4.14. The highest BCUT2D eigenvalue weighted by molar-refractivity contribution is 9.10. The summed E-state index contributed by atoms with van der Waals surface area (Å²) in [5.41, 5.74) is 1.05. The van der Waals surface area contributed by atoms with Crippen LogP contribution in [0.1, 0.15) is 24.0 Å². The maximum absolute atomic E-state index is 4.43. The second-order valence-corrected chi connectivity index (χ2v) is 5.85. The molecular weight excluding hydrogens is 326 g/mol. The van der Waals surface area contributed by atoms with Crippen molar-refractivity contribution in [2.45, 2.75) is 26.8 Å². The summed E-state index contributed by atoms with van der Waals surface area (Å²) in [4.78, 5) is 13.1. The van der Waals surface area contributed by atoms with Crippen LogP contribution >= 0.6 is 27.3 Å². The molecule has 7 heteroatoms. The van der Waals surface area contributed by atoms with Gasteiger partial charge in [0.05, 0.1) is 11.0 Å². The van der Waals surface area contributed by atoms with Crippen LogP contribution in [-0.4, -0.2) is 21.5 Å². The van der Waals surface area contributed by atoms with Gasteiger partial charge in [-0.05, 0) is 29.3 Å². The van der Waals surface area contributed by atoms with Gasteiger partial charge in [0.25, 0.3) is 0 Å². The number of rotatable bonds is 6. The van der Waals surface area contributed by atoms with Gasteiger partial charge in [-0.1, -0.05) is 6.92 Å². The van der Waals surface area contributed by atoms with E-state index in [1.165, 1.54) is 0 Å². The standard InChI is InChI=1S/C12H16BrN5S/c1-3-4-14-12-16-5-9(13)11(18-12)15-6-10-17-8(2)7-19-10/h5,7H,3-4,6H2,1-2H3,(H2,14,15,16,18). The van der Waals surface area contributed by atoms with Crippen LogP contribution in [0.15, 0.2) is 16.0 Å². The number of thiazole rings is 1. The Kier molecular flexibility index (Phi) is 5.09. The van der Waals surface area contributed by atoms with E-state index in [1.807, 2.05) is 12.3 Å². The summed E-state index contributed by atoms with van der Waals surface area (Å²) in [7, 11) is 0. The predicted octanol–water partition coefficient (Wildman–Crippen LogP) is 3.44. The summed E-state index contributed by atoms with van der Waals surface area (Å²) in [6, 6.07) is 0. The Balaban J connectivity index is 2.02. The van der Waals surface area contributed by atoms with E-state index >= 15 is 0 Å². The molecule has 102 valence electrons. The Morgan fingerprint density at radius 3 is 2.84 bits per heavy atom. The van der Waals surface area contributed by atoms with Crippen LogP contribution in [0.3, 0.4) is 0 Å². The molecule has 0 aromatic carbocycles. The van der Waals surface area contributed by atoms with Crippen LogP contribution in [0.25, 0.3) is 0 Å². The summed E-state index contributed by atoms with van der Waals surface area (Å²) < 4.78 is 0.850. The van der Waals surface area contributed by atoms with Crippen LogP contribution in [-0.2, 0) is 6.54 Å². The smallest absolute Gasteiger partial charge is 0.224 e. The highest BCUT2D eigenvalue weighted by Crippen LogP contribution is 2.21. The molecule has 0 spiro atoms. The third-order valence-electron chi connectivity index (χ3n) is 2.35. The van der Waals surface area contributed by atoms with Crippen LogP contribution < -0.4 is 10.6 Å². The maximum Gasteiger partial charge on any atom is 0.224 e. The molecule has 5 nitrogen and oxygen atoms in total. The van der Waals surface area contributed by atoms with Gasteiger partial charge in [-0.15, -0.1) is 11.3 Å². The number of halogens is 1. The van der Waals surface area contributed by atoms with Gasteiger partial charge in [-0.2, -0.15) is 4.98 Å². The van der Waals surface area contributed by atoms with Gasteiger partial charge in [0.15, 0.2) is 0 Å². The Hall–Kier alpha value is -1.21. The molecule has 2 aromatic rings. The van der Waals surface area contributed by atoms with E-state index in [4.69, 9.17) is 0 Å². The van der Waals surface area contributed by atoms with Gasteiger partial charge in [0, 0.05) is 23.8 Å². The largest absolute Gasteiger partial charge is 0.362 e. The molecule has 2 aromatic heterocycles. The normalized spacial score (nSPS) is 10.5. The molecule has 0 aliphatic heterocycles. The molecule has 0 aliphatic carbocycles. The first-order valence-corrected chi connectivity index (χ1v) is 7.77. The van der Waals surface area contributed by atoms with Gasteiger partial charge in [-0.25, -0.2) is 9.97 Å². The summed E-state index contributed by atoms with van der Waals surface area (Å²) in [5.74, 6) is 1.42. The van der Waals surface area contributed by atoms with Crippen LogP contribution in [0.2, 0.25) is 0 Å². The highest BCUT2D eigenvalue weighted by atomic mass is 79.9. The number of nitrogens with zero attached hydrogens (tertiary/aromatic N) is 3. The van der Waals surface area contributed by atoms with E-state index in [9.17, 15) is 0 Å². The van der Waals surface area contributed by atoms with Gasteiger partial charge < -0.3 is 10.6 Å². The molecule has 0 atom stereocenters. The number of nitrogens with one attached hydrogen (secondary N) is 2. The van der Waals surface area contributed by atoms with Gasteiger partial charge in [0.1, 0.15) is 10.8 Å². The average Bonchev–Trinajstić information content (AvgIpc) is 2.82. The molecule has 19 heavy (non-hydrogen) atoms. The molecule has 0 unspecified atom stereocenters. The van der Waals surface area contributed by atoms with Crippen molar-refractivity contribution < 1.29 is 0 Å². The van der Waals surface area contributed by atoms with Crippen molar-refractivity contribution in [2.75, 3.05) is 17.2 Å². The van der Waals surface area contributed by atoms with E-state index in [1.54, 1.807) is 17.5 Å². The maximum atomic E-state index is 4.43. The molecule has 0 fully saturated rings. The molecule has 0 radical (unpaired) electrons. The van der Waals surface area contributed by atoms with Crippen molar-refractivity contribution in [1.82, 2.24) is 15.0 Å². The van der Waals surface area contributed by atoms with Crippen molar-refractivity contribution in [3.63, 3.8) is 0 Å². The van der Waals surface area contributed by atoms with E-state index in [0.717, 1.165) is 34.0 Å². The number of anilines is 2. The zero-order valence-electron chi connectivity index (χ0n) is 10.9. The second kappa shape index (κ2) is 6.81. The number of aromatic nitrogens is 3. The van der Waals surface area contributed by atoms with Gasteiger partial charge in [0.2, 0.25) is 5.95 Å². The third-order valence-corrected chi connectivity index (χ3v) is 3.90. The molecule has 2 heterocycles. The molecule has 0 amide bonds. The minimum atomic E-state index is 0.642. The van der Waals surface area contributed by atoms with Crippen molar-refractivity contribution >= 4 is 39.0 Å². The fourth-order valence-electron chi connectivity index (χ4n) is 1.46. The lowest BCUT2D eigenvalue weighted by Crippen LogP contribution is -2.08. The first-order valence-electron chi connectivity index (χ1n) is 6.10. The minimum Gasteiger partial charge on any atom is -0.362 e. The van der Waals surface area contributed by atoms with E-state index in [2.05, 4.69) is 48.4 Å². The van der Waals surface area contributed by atoms with Crippen molar-refractivity contribution in [2.24, 2.45) is 0 Å². The molecule has 0 saturated heterocycles. The zero-order chi connectivity index (χ0) is 13.7. The number of aryl methyl sites for hydroxylation is 1. The SMILES string of the molecule is CCCNc1ncc(Br)c(NCc2nc(C)cs2)n1. The fourth-order valence-corrected chi connectivity index (χ4v) is 2.50. The van der Waals surface area contributed by atoms with E-state index in [-0.39, 0.29) is 0 Å². The quantitative estimate of drug-likeness (QED) is 0.842. The summed E-state index contributed by atoms with van der Waals surface area (Å²) in [6.45, 7) is 5.64. The van der Waals surface area contributed by atoms with Crippen molar-refractivity contribution in [1.29, 1.82) is 0 Å². The number of hydrogen-bond acceptors (Lipinski definition) is 6. The van der Waals surface area contributed by atoms with Crippen LogP contribution in [0.5, 0.6) is 0 Å². The predicted molar refractivity (Wildman–Crippen MR) is 82.7 cm³/mol. The lowest BCUT2D eigenvalue weighted by Gasteiger charge is -2.08. The highest BCUT2D eigenvalue weighted by Gasteiger charge is 2.06. The topological polar surface area (TPSA) is 62.7 Å². The monoisotopic (exact) mass is 341 g/mol. The molecule has 0 bridgehead atoms. The van der Waals surface area contributed by atoms with E-state index in [0.29, 0.717) is 12.5 Å². The summed E-state index contributed by atoms with van der Waals surface area (Å²) >= 11 is 5.09. The Morgan fingerprint density at radius 1 is 1.32 bits per heavy atom. The second-order valence-electron chi connectivity index (χ2n) is 4.05. The van der Waals surface area contributed by atoms with Crippen molar-refractivity contribution in [3.05, 3.63) is 26.8 Å². The first kappa shape index (κ1) is 14.2.